The molecule has 124 valence electrons. The number of benzene rings is 1. The maximum absolute atomic E-state index is 12.6. The Morgan fingerprint density at radius 3 is 2.67 bits per heavy atom. The summed E-state index contributed by atoms with van der Waals surface area (Å²) in [5, 5.41) is 3.18. The van der Waals surface area contributed by atoms with Crippen molar-refractivity contribution in [1.29, 1.82) is 0 Å². The Labute approximate surface area is 141 Å². The number of hydrogen-bond acceptors (Lipinski definition) is 4. The lowest BCUT2D eigenvalue weighted by Crippen LogP contribution is -2.48. The third kappa shape index (κ3) is 2.87. The highest BCUT2D eigenvalue weighted by Crippen LogP contribution is 2.43. The fraction of sp³-hybridized carbons (Fsp3) is 0.368. The second-order valence-corrected chi connectivity index (χ2v) is 6.40. The van der Waals surface area contributed by atoms with E-state index in [1.165, 1.54) is 0 Å². The third-order valence-electron chi connectivity index (χ3n) is 4.85. The van der Waals surface area contributed by atoms with Crippen LogP contribution in [-0.2, 0) is 4.74 Å². The van der Waals surface area contributed by atoms with E-state index < -0.39 is 0 Å². The van der Waals surface area contributed by atoms with Crippen molar-refractivity contribution < 1.29 is 14.3 Å². The van der Waals surface area contributed by atoms with Crippen molar-refractivity contribution in [2.45, 2.75) is 30.9 Å². The van der Waals surface area contributed by atoms with Gasteiger partial charge in [0, 0.05) is 42.8 Å². The molecule has 2 aliphatic rings. The molecule has 1 atom stereocenters. The van der Waals surface area contributed by atoms with Gasteiger partial charge in [0.25, 0.3) is 5.91 Å². The summed E-state index contributed by atoms with van der Waals surface area (Å²) in [4.78, 5) is 16.6. The van der Waals surface area contributed by atoms with Crippen molar-refractivity contribution in [2.75, 3.05) is 13.2 Å². The van der Waals surface area contributed by atoms with Crippen LogP contribution in [0.3, 0.4) is 0 Å². The van der Waals surface area contributed by atoms with Gasteiger partial charge in [-0.05, 0) is 18.2 Å². The zero-order chi connectivity index (χ0) is 16.4. The molecule has 0 aliphatic carbocycles. The van der Waals surface area contributed by atoms with Crippen LogP contribution in [0.5, 0.6) is 5.75 Å². The van der Waals surface area contributed by atoms with Gasteiger partial charge in [-0.15, -0.1) is 0 Å². The van der Waals surface area contributed by atoms with E-state index in [-0.39, 0.29) is 17.6 Å². The minimum absolute atomic E-state index is 0.0614. The van der Waals surface area contributed by atoms with E-state index in [9.17, 15) is 4.79 Å². The number of carbonyl (C=O) groups excluding carboxylic acids is 1. The lowest BCUT2D eigenvalue weighted by Gasteiger charge is -2.44. The van der Waals surface area contributed by atoms with Crippen molar-refractivity contribution in [3.63, 3.8) is 0 Å². The van der Waals surface area contributed by atoms with Crippen LogP contribution in [0.4, 0.5) is 0 Å². The smallest absolute Gasteiger partial charge is 0.251 e. The van der Waals surface area contributed by atoms with Gasteiger partial charge in [0.1, 0.15) is 11.4 Å². The summed E-state index contributed by atoms with van der Waals surface area (Å²) >= 11 is 0. The molecular formula is C19H20N2O3. The minimum Gasteiger partial charge on any atom is -0.487 e. The number of carbonyl (C=O) groups is 1. The van der Waals surface area contributed by atoms with E-state index in [4.69, 9.17) is 9.47 Å². The molecule has 0 saturated carbocycles. The number of rotatable bonds is 2. The average Bonchev–Trinajstić information content (AvgIpc) is 2.63. The molecule has 0 bridgehead atoms. The van der Waals surface area contributed by atoms with Crippen molar-refractivity contribution >= 4 is 5.91 Å². The number of amides is 1. The number of pyridine rings is 1. The third-order valence-corrected chi connectivity index (χ3v) is 4.85. The molecule has 1 fully saturated rings. The molecule has 1 aromatic carbocycles. The lowest BCUT2D eigenvalue weighted by molar-refractivity contribution is -0.0639. The summed E-state index contributed by atoms with van der Waals surface area (Å²) in [5.74, 6) is 0.784. The molecule has 2 aliphatic heterocycles. The van der Waals surface area contributed by atoms with Gasteiger partial charge in [0.2, 0.25) is 0 Å². The first kappa shape index (κ1) is 15.1. The fourth-order valence-corrected chi connectivity index (χ4v) is 3.54. The van der Waals surface area contributed by atoms with Crippen molar-refractivity contribution in [3.05, 3.63) is 59.9 Å². The first-order valence-electron chi connectivity index (χ1n) is 8.32. The van der Waals surface area contributed by atoms with E-state index in [2.05, 4.69) is 10.3 Å². The molecule has 2 aromatic rings. The second-order valence-electron chi connectivity index (χ2n) is 6.40. The van der Waals surface area contributed by atoms with E-state index >= 15 is 0 Å². The van der Waals surface area contributed by atoms with Gasteiger partial charge < -0.3 is 14.8 Å². The molecule has 1 N–H and O–H groups in total. The lowest BCUT2D eigenvalue weighted by atomic mass is 9.82. The van der Waals surface area contributed by atoms with Gasteiger partial charge in [-0.3, -0.25) is 9.78 Å². The monoisotopic (exact) mass is 324 g/mol. The Kier molecular flexibility index (Phi) is 3.94. The molecular weight excluding hydrogens is 304 g/mol. The Balaban J connectivity index is 1.62. The molecule has 1 spiro atoms. The van der Waals surface area contributed by atoms with Crippen LogP contribution in [0.2, 0.25) is 0 Å². The second kappa shape index (κ2) is 6.24. The summed E-state index contributed by atoms with van der Waals surface area (Å²) in [6.45, 7) is 1.40. The molecule has 0 radical (unpaired) electrons. The number of para-hydroxylation sites is 1. The number of nitrogens with zero attached hydrogens (tertiary/aromatic N) is 1. The standard InChI is InChI=1S/C19H20N2O3/c22-18(14-5-9-20-10-6-14)21-16-13-19(7-11-23-12-8-19)24-17-4-2-1-3-15(16)17/h1-6,9-10,16H,7-8,11-13H2,(H,21,22)/t16-/m0/s1. The number of aromatic nitrogens is 1. The molecule has 1 saturated heterocycles. The maximum Gasteiger partial charge on any atom is 0.251 e. The van der Waals surface area contributed by atoms with Crippen LogP contribution < -0.4 is 10.1 Å². The Morgan fingerprint density at radius 2 is 1.88 bits per heavy atom. The highest BCUT2D eigenvalue weighted by Gasteiger charge is 2.42. The van der Waals surface area contributed by atoms with Gasteiger partial charge in [-0.2, -0.15) is 0 Å². The maximum atomic E-state index is 12.6. The predicted octanol–water partition coefficient (Wildman–Crippen LogP) is 2.88. The van der Waals surface area contributed by atoms with Crippen molar-refractivity contribution in [3.8, 4) is 5.75 Å². The van der Waals surface area contributed by atoms with Gasteiger partial charge in [-0.1, -0.05) is 18.2 Å². The topological polar surface area (TPSA) is 60.5 Å². The zero-order valence-corrected chi connectivity index (χ0v) is 13.4. The molecule has 24 heavy (non-hydrogen) atoms. The first-order valence-corrected chi connectivity index (χ1v) is 8.32. The molecule has 3 heterocycles. The Morgan fingerprint density at radius 1 is 1.12 bits per heavy atom. The van der Waals surface area contributed by atoms with Gasteiger partial charge in [-0.25, -0.2) is 0 Å². The Bertz CT molecular complexity index is 726. The number of nitrogens with one attached hydrogen (secondary N) is 1. The van der Waals surface area contributed by atoms with Crippen LogP contribution in [0.15, 0.2) is 48.8 Å². The van der Waals surface area contributed by atoms with Crippen LogP contribution in [0.25, 0.3) is 0 Å². The minimum atomic E-state index is -0.247. The van der Waals surface area contributed by atoms with E-state index in [0.717, 1.165) is 30.6 Å². The molecule has 0 unspecified atom stereocenters. The highest BCUT2D eigenvalue weighted by molar-refractivity contribution is 5.94. The largest absolute Gasteiger partial charge is 0.487 e. The molecule has 1 amide bonds. The summed E-state index contributed by atoms with van der Waals surface area (Å²) in [5.41, 5.74) is 1.41. The number of ether oxygens (including phenoxy) is 2. The molecule has 1 aromatic heterocycles. The Hall–Kier alpha value is -2.40. The fourth-order valence-electron chi connectivity index (χ4n) is 3.54. The summed E-state index contributed by atoms with van der Waals surface area (Å²) in [6, 6.07) is 11.4. The van der Waals surface area contributed by atoms with Crippen LogP contribution in [0.1, 0.15) is 41.2 Å². The number of hydrogen-bond donors (Lipinski definition) is 1. The van der Waals surface area contributed by atoms with Crippen molar-refractivity contribution in [2.24, 2.45) is 0 Å². The van der Waals surface area contributed by atoms with E-state index in [0.29, 0.717) is 18.8 Å². The van der Waals surface area contributed by atoms with Gasteiger partial charge >= 0.3 is 0 Å². The average molecular weight is 324 g/mol. The van der Waals surface area contributed by atoms with Crippen molar-refractivity contribution in [1.82, 2.24) is 10.3 Å². The van der Waals surface area contributed by atoms with E-state index in [1.807, 2.05) is 24.3 Å². The highest BCUT2D eigenvalue weighted by atomic mass is 16.5. The van der Waals surface area contributed by atoms with Crippen LogP contribution >= 0.6 is 0 Å². The number of fused-ring (bicyclic) bond motifs is 1. The predicted molar refractivity (Wildman–Crippen MR) is 88.9 cm³/mol. The van der Waals surface area contributed by atoms with Gasteiger partial charge in [0.05, 0.1) is 19.3 Å². The van der Waals surface area contributed by atoms with Gasteiger partial charge in [0.15, 0.2) is 0 Å². The first-order chi connectivity index (χ1) is 11.8. The quantitative estimate of drug-likeness (QED) is 0.923. The zero-order valence-electron chi connectivity index (χ0n) is 13.4. The summed E-state index contributed by atoms with van der Waals surface area (Å²) < 4.78 is 11.8. The molecule has 5 heteroatoms. The van der Waals surface area contributed by atoms with Crippen LogP contribution in [-0.4, -0.2) is 29.7 Å². The SMILES string of the molecule is O=C(N[C@H]1CC2(CCOCC2)Oc2ccccc21)c1ccncc1. The molecule has 5 nitrogen and oxygen atoms in total. The molecule has 4 rings (SSSR count). The summed E-state index contributed by atoms with van der Waals surface area (Å²) in [6.07, 6.45) is 5.73. The normalized spacial score (nSPS) is 21.6. The van der Waals surface area contributed by atoms with Crippen LogP contribution in [0, 0.1) is 0 Å². The van der Waals surface area contributed by atoms with E-state index in [1.54, 1.807) is 24.5 Å². The summed E-state index contributed by atoms with van der Waals surface area (Å²) in [7, 11) is 0.